The van der Waals surface area contributed by atoms with Crippen molar-refractivity contribution >= 4 is 29.4 Å². The number of thioether (sulfide) groups is 1. The van der Waals surface area contributed by atoms with Crippen molar-refractivity contribution in [2.45, 2.75) is 11.8 Å². The summed E-state index contributed by atoms with van der Waals surface area (Å²) in [6, 6.07) is 3.22. The number of aromatic nitrogens is 1. The lowest BCUT2D eigenvalue weighted by Crippen LogP contribution is -2.30. The first-order valence-electron chi connectivity index (χ1n) is 6.17. The van der Waals surface area contributed by atoms with Crippen LogP contribution in [0.4, 0.5) is 0 Å². The normalized spacial score (nSPS) is 18.3. The van der Waals surface area contributed by atoms with E-state index in [0.717, 1.165) is 0 Å². The largest absolute Gasteiger partial charge is 0.481 e. The van der Waals surface area contributed by atoms with Gasteiger partial charge in [-0.3, -0.25) is 19.4 Å². The Bertz CT molecular complexity index is 627. The topological polar surface area (TPSA) is 87.6 Å². The summed E-state index contributed by atoms with van der Waals surface area (Å²) in [5.74, 6) is -1.90. The molecule has 1 amide bonds. The van der Waals surface area contributed by atoms with Crippen LogP contribution in [0.25, 0.3) is 0 Å². The first-order chi connectivity index (χ1) is 9.97. The molecule has 21 heavy (non-hydrogen) atoms. The molecule has 0 bridgehead atoms. The molecule has 0 fully saturated rings. The van der Waals surface area contributed by atoms with Gasteiger partial charge in [-0.25, -0.2) is 0 Å². The van der Waals surface area contributed by atoms with Gasteiger partial charge >= 0.3 is 5.97 Å². The summed E-state index contributed by atoms with van der Waals surface area (Å²) in [5.41, 5.74) is 0.640. The lowest BCUT2D eigenvalue weighted by atomic mass is 9.99. The second-order valence-corrected chi connectivity index (χ2v) is 5.46. The predicted octanol–water partition coefficient (Wildman–Crippen LogP) is 1.20. The molecule has 0 saturated carbocycles. The zero-order chi connectivity index (χ0) is 15.6. The third-order valence-corrected chi connectivity index (χ3v) is 4.22. The van der Waals surface area contributed by atoms with Gasteiger partial charge in [-0.15, -0.1) is 11.8 Å². The van der Waals surface area contributed by atoms with Crippen LogP contribution in [0.15, 0.2) is 35.7 Å². The molecule has 2 heterocycles. The molecule has 110 valence electrons. The fourth-order valence-electron chi connectivity index (χ4n) is 2.28. The smallest absolute Gasteiger partial charge is 0.308 e. The number of hydrogen-bond acceptors (Lipinski definition) is 5. The molecule has 0 radical (unpaired) electrons. The van der Waals surface area contributed by atoms with E-state index in [-0.39, 0.29) is 16.9 Å². The standard InChI is InChI=1S/C14H14N2O4S/c1-16-13(20)9(6-10(17)18)11(14(16)21-2)12(19)8-4-3-5-15-7-8/h3-5,7,14H,6H2,1-2H3,(H,17,18)/t14-/m0/s1. The number of carbonyl (C=O) groups is 3. The van der Waals surface area contributed by atoms with Crippen molar-refractivity contribution in [2.75, 3.05) is 13.3 Å². The van der Waals surface area contributed by atoms with Crippen LogP contribution in [0.5, 0.6) is 0 Å². The molecular weight excluding hydrogens is 292 g/mol. The molecule has 2 rings (SSSR count). The molecule has 0 spiro atoms. The van der Waals surface area contributed by atoms with E-state index < -0.39 is 23.7 Å². The zero-order valence-corrected chi connectivity index (χ0v) is 12.4. The molecular formula is C14H14N2O4S. The van der Waals surface area contributed by atoms with Gasteiger partial charge in [0.1, 0.15) is 5.37 Å². The number of carbonyl (C=O) groups excluding carboxylic acids is 2. The van der Waals surface area contributed by atoms with E-state index in [1.54, 1.807) is 31.6 Å². The number of ketones is 1. The van der Waals surface area contributed by atoms with E-state index in [1.807, 2.05) is 0 Å². The van der Waals surface area contributed by atoms with E-state index in [1.165, 1.54) is 22.9 Å². The van der Waals surface area contributed by atoms with Gasteiger partial charge in [-0.05, 0) is 18.4 Å². The highest BCUT2D eigenvalue weighted by molar-refractivity contribution is 7.99. The number of carboxylic acids is 1. The number of rotatable bonds is 5. The minimum Gasteiger partial charge on any atom is -0.481 e. The Morgan fingerprint density at radius 3 is 2.71 bits per heavy atom. The van der Waals surface area contributed by atoms with Crippen LogP contribution in [0, 0.1) is 0 Å². The van der Waals surface area contributed by atoms with Gasteiger partial charge in [0.25, 0.3) is 5.91 Å². The van der Waals surface area contributed by atoms with Gasteiger partial charge in [-0.2, -0.15) is 0 Å². The maximum atomic E-state index is 12.6. The number of likely N-dealkylation sites (N-methyl/N-ethyl adjacent to an activating group) is 1. The minimum absolute atomic E-state index is 0.0539. The SMILES string of the molecule is CS[C@H]1C(C(=O)c2cccnc2)=C(CC(=O)O)C(=O)N1C. The molecule has 1 aliphatic heterocycles. The van der Waals surface area contributed by atoms with E-state index >= 15 is 0 Å². The predicted molar refractivity (Wildman–Crippen MR) is 77.9 cm³/mol. The quantitative estimate of drug-likeness (QED) is 0.822. The van der Waals surface area contributed by atoms with Crippen LogP contribution in [0.1, 0.15) is 16.8 Å². The molecule has 0 unspecified atom stereocenters. The second-order valence-electron chi connectivity index (χ2n) is 4.54. The van der Waals surface area contributed by atoms with Crippen LogP contribution >= 0.6 is 11.8 Å². The van der Waals surface area contributed by atoms with Crippen LogP contribution in [0.2, 0.25) is 0 Å². The summed E-state index contributed by atoms with van der Waals surface area (Å²) in [6.45, 7) is 0. The van der Waals surface area contributed by atoms with E-state index in [2.05, 4.69) is 4.98 Å². The van der Waals surface area contributed by atoms with Gasteiger partial charge < -0.3 is 10.0 Å². The number of hydrogen-bond donors (Lipinski definition) is 1. The number of carboxylic acid groups (broad SMARTS) is 1. The lowest BCUT2D eigenvalue weighted by Gasteiger charge is -2.20. The summed E-state index contributed by atoms with van der Waals surface area (Å²) in [7, 11) is 1.56. The Morgan fingerprint density at radius 2 is 2.19 bits per heavy atom. The number of amides is 1. The van der Waals surface area contributed by atoms with Crippen LogP contribution in [0.3, 0.4) is 0 Å². The minimum atomic E-state index is -1.13. The van der Waals surface area contributed by atoms with Crippen LogP contribution in [-0.4, -0.2) is 51.3 Å². The molecule has 1 aromatic heterocycles. The van der Waals surface area contributed by atoms with Gasteiger partial charge in [0.2, 0.25) is 0 Å². The molecule has 6 nitrogen and oxygen atoms in total. The molecule has 0 aliphatic carbocycles. The number of aliphatic carboxylic acids is 1. The van der Waals surface area contributed by atoms with E-state index in [4.69, 9.17) is 5.11 Å². The van der Waals surface area contributed by atoms with E-state index in [0.29, 0.717) is 5.56 Å². The summed E-state index contributed by atoms with van der Waals surface area (Å²) in [4.78, 5) is 41.1. The Morgan fingerprint density at radius 1 is 1.48 bits per heavy atom. The highest BCUT2D eigenvalue weighted by atomic mass is 32.2. The number of nitrogens with zero attached hydrogens (tertiary/aromatic N) is 2. The van der Waals surface area contributed by atoms with E-state index in [9.17, 15) is 14.4 Å². The zero-order valence-electron chi connectivity index (χ0n) is 11.6. The van der Waals surface area contributed by atoms with Gasteiger partial charge in [0.05, 0.1) is 6.42 Å². The number of pyridine rings is 1. The maximum Gasteiger partial charge on any atom is 0.308 e. The lowest BCUT2D eigenvalue weighted by molar-refractivity contribution is -0.137. The number of Topliss-reactive ketones (excluding diaryl/α,β-unsaturated/α-hetero) is 1. The molecule has 7 heteroatoms. The van der Waals surface area contributed by atoms with Gasteiger partial charge in [0.15, 0.2) is 5.78 Å². The Balaban J connectivity index is 2.52. The van der Waals surface area contributed by atoms with Crippen molar-refractivity contribution in [1.29, 1.82) is 0 Å². The third kappa shape index (κ3) is 2.82. The van der Waals surface area contributed by atoms with Gasteiger partial charge in [-0.1, -0.05) is 0 Å². The first-order valence-corrected chi connectivity index (χ1v) is 7.45. The second kappa shape index (κ2) is 6.09. The van der Waals surface area contributed by atoms with Crippen molar-refractivity contribution in [3.05, 3.63) is 41.2 Å². The van der Waals surface area contributed by atoms with Crippen molar-refractivity contribution in [2.24, 2.45) is 0 Å². The highest BCUT2D eigenvalue weighted by Gasteiger charge is 2.40. The average Bonchev–Trinajstić information content (AvgIpc) is 2.71. The fourth-order valence-corrected chi connectivity index (χ4v) is 3.17. The monoisotopic (exact) mass is 306 g/mol. The summed E-state index contributed by atoms with van der Waals surface area (Å²) in [6.07, 6.45) is 4.27. The van der Waals surface area contributed by atoms with Crippen LogP contribution < -0.4 is 0 Å². The molecule has 1 aliphatic rings. The fraction of sp³-hybridized carbons (Fsp3) is 0.286. The Labute approximate surface area is 125 Å². The average molecular weight is 306 g/mol. The third-order valence-electron chi connectivity index (χ3n) is 3.22. The summed E-state index contributed by atoms with van der Waals surface area (Å²) in [5, 5.41) is 8.50. The van der Waals surface area contributed by atoms with Crippen molar-refractivity contribution in [3.8, 4) is 0 Å². The Kier molecular flexibility index (Phi) is 4.42. The molecule has 0 saturated heterocycles. The Hall–Kier alpha value is -2.15. The van der Waals surface area contributed by atoms with Crippen molar-refractivity contribution < 1.29 is 19.5 Å². The maximum absolute atomic E-state index is 12.6. The molecule has 1 atom stereocenters. The molecule has 0 aromatic carbocycles. The summed E-state index contributed by atoms with van der Waals surface area (Å²) >= 11 is 1.32. The summed E-state index contributed by atoms with van der Waals surface area (Å²) < 4.78 is 0. The highest BCUT2D eigenvalue weighted by Crippen LogP contribution is 2.34. The van der Waals surface area contributed by atoms with Crippen molar-refractivity contribution in [3.63, 3.8) is 0 Å². The molecule has 1 aromatic rings. The molecule has 1 N–H and O–H groups in total. The first kappa shape index (κ1) is 15.2. The van der Waals surface area contributed by atoms with Crippen molar-refractivity contribution in [1.82, 2.24) is 9.88 Å². The van der Waals surface area contributed by atoms with Crippen LogP contribution in [-0.2, 0) is 9.59 Å². The van der Waals surface area contributed by atoms with Gasteiger partial charge in [0, 0.05) is 36.2 Å².